The second-order valence-corrected chi connectivity index (χ2v) is 8.62. The number of halogens is 3. The maximum atomic E-state index is 15.6. The van der Waals surface area contributed by atoms with E-state index in [1.165, 1.54) is 16.6 Å². The van der Waals surface area contributed by atoms with Crippen LogP contribution in [-0.2, 0) is 0 Å². The molecule has 1 saturated heterocycles. The SMILES string of the molecule is COc1c(N2CC3CC(O)C(O)C3C2)c(F)c(C(F)F)c2c(=O)[nH]c(=O)n(C3CC3)c12. The molecule has 3 aliphatic rings. The van der Waals surface area contributed by atoms with Crippen LogP contribution in [0.3, 0.4) is 0 Å². The highest BCUT2D eigenvalue weighted by Gasteiger charge is 2.48. The number of alkyl halides is 2. The van der Waals surface area contributed by atoms with Crippen LogP contribution in [0.5, 0.6) is 5.75 Å². The van der Waals surface area contributed by atoms with Crippen LogP contribution < -0.4 is 20.9 Å². The Morgan fingerprint density at radius 1 is 1.19 bits per heavy atom. The summed E-state index contributed by atoms with van der Waals surface area (Å²) in [6.07, 6.45) is -3.61. The van der Waals surface area contributed by atoms with Crippen molar-refractivity contribution in [2.24, 2.45) is 11.8 Å². The van der Waals surface area contributed by atoms with E-state index in [0.717, 1.165) is 0 Å². The first kappa shape index (κ1) is 20.4. The van der Waals surface area contributed by atoms with Gasteiger partial charge in [-0.25, -0.2) is 18.0 Å². The number of hydrogen-bond acceptors (Lipinski definition) is 6. The Morgan fingerprint density at radius 2 is 1.90 bits per heavy atom. The predicted octanol–water partition coefficient (Wildman–Crippen LogP) is 1.29. The van der Waals surface area contributed by atoms with Gasteiger partial charge in [0.25, 0.3) is 12.0 Å². The molecule has 168 valence electrons. The Morgan fingerprint density at radius 3 is 2.48 bits per heavy atom. The highest BCUT2D eigenvalue weighted by molar-refractivity contribution is 5.94. The number of aliphatic hydroxyl groups is 2. The molecule has 0 bridgehead atoms. The molecule has 8 nitrogen and oxygen atoms in total. The Hall–Kier alpha value is -2.53. The first-order chi connectivity index (χ1) is 14.7. The molecule has 0 spiro atoms. The Kier molecular flexibility index (Phi) is 4.60. The van der Waals surface area contributed by atoms with E-state index in [1.807, 2.05) is 4.98 Å². The summed E-state index contributed by atoms with van der Waals surface area (Å²) in [5.41, 5.74) is -3.30. The number of nitrogens with zero attached hydrogens (tertiary/aromatic N) is 2. The first-order valence-electron chi connectivity index (χ1n) is 10.2. The molecular formula is C20H22F3N3O5. The van der Waals surface area contributed by atoms with Crippen molar-refractivity contribution in [3.05, 3.63) is 32.2 Å². The van der Waals surface area contributed by atoms with Gasteiger partial charge in [0.2, 0.25) is 0 Å². The molecule has 1 aromatic heterocycles. The second kappa shape index (κ2) is 6.99. The minimum atomic E-state index is -3.30. The van der Waals surface area contributed by atoms with E-state index in [2.05, 4.69) is 0 Å². The summed E-state index contributed by atoms with van der Waals surface area (Å²) in [6, 6.07) is -0.292. The topological polar surface area (TPSA) is 108 Å². The number of methoxy groups -OCH3 is 1. The molecule has 2 heterocycles. The zero-order valence-electron chi connectivity index (χ0n) is 16.6. The van der Waals surface area contributed by atoms with Crippen molar-refractivity contribution in [1.29, 1.82) is 0 Å². The number of ether oxygens (including phenoxy) is 1. The summed E-state index contributed by atoms with van der Waals surface area (Å²) >= 11 is 0. The molecule has 31 heavy (non-hydrogen) atoms. The molecule has 1 aliphatic heterocycles. The van der Waals surface area contributed by atoms with Crippen molar-refractivity contribution in [2.75, 3.05) is 25.1 Å². The number of hydrogen-bond donors (Lipinski definition) is 3. The predicted molar refractivity (Wildman–Crippen MR) is 104 cm³/mol. The van der Waals surface area contributed by atoms with Crippen LogP contribution in [0, 0.1) is 17.7 Å². The monoisotopic (exact) mass is 441 g/mol. The fourth-order valence-electron chi connectivity index (χ4n) is 5.28. The average Bonchev–Trinajstić information content (AvgIpc) is 3.40. The molecule has 3 fully saturated rings. The van der Waals surface area contributed by atoms with Crippen LogP contribution in [0.25, 0.3) is 10.9 Å². The van der Waals surface area contributed by atoms with Gasteiger partial charge in [-0.1, -0.05) is 0 Å². The summed E-state index contributed by atoms with van der Waals surface area (Å²) in [5.74, 6) is -1.93. The summed E-state index contributed by atoms with van der Waals surface area (Å²) in [7, 11) is 1.23. The number of fused-ring (bicyclic) bond motifs is 2. The van der Waals surface area contributed by atoms with Gasteiger partial charge < -0.3 is 19.8 Å². The maximum absolute atomic E-state index is 15.6. The molecule has 2 aromatic rings. The summed E-state index contributed by atoms with van der Waals surface area (Å²) in [5, 5.41) is 19.5. The molecule has 1 aromatic carbocycles. The van der Waals surface area contributed by atoms with Crippen LogP contribution in [0.1, 0.15) is 37.3 Å². The van der Waals surface area contributed by atoms with E-state index in [0.29, 0.717) is 19.3 Å². The molecule has 4 unspecified atom stereocenters. The lowest BCUT2D eigenvalue weighted by Crippen LogP contribution is -2.33. The van der Waals surface area contributed by atoms with Gasteiger partial charge in [-0.2, -0.15) is 0 Å². The molecular weight excluding hydrogens is 419 g/mol. The summed E-state index contributed by atoms with van der Waals surface area (Å²) < 4.78 is 50.3. The molecule has 11 heteroatoms. The lowest BCUT2D eigenvalue weighted by molar-refractivity contribution is 0.0229. The number of H-pyrrole nitrogens is 1. The zero-order chi connectivity index (χ0) is 22.2. The number of aromatic amines is 1. The van der Waals surface area contributed by atoms with Crippen molar-refractivity contribution in [2.45, 2.75) is 43.9 Å². The van der Waals surface area contributed by atoms with Crippen molar-refractivity contribution in [1.82, 2.24) is 9.55 Å². The largest absolute Gasteiger partial charge is 0.492 e. The molecule has 2 aliphatic carbocycles. The summed E-state index contributed by atoms with van der Waals surface area (Å²) in [4.78, 5) is 28.6. The van der Waals surface area contributed by atoms with E-state index in [4.69, 9.17) is 4.74 Å². The molecule has 0 amide bonds. The van der Waals surface area contributed by atoms with Crippen LogP contribution in [0.2, 0.25) is 0 Å². The van der Waals surface area contributed by atoms with E-state index in [1.54, 1.807) is 0 Å². The van der Waals surface area contributed by atoms with Gasteiger partial charge in [0.15, 0.2) is 11.6 Å². The number of nitrogens with one attached hydrogen (secondary N) is 1. The number of rotatable bonds is 4. The number of benzene rings is 1. The molecule has 0 radical (unpaired) electrons. The normalized spacial score (nSPS) is 28.0. The van der Waals surface area contributed by atoms with Gasteiger partial charge in [0.05, 0.1) is 30.3 Å². The molecule has 3 N–H and O–H groups in total. The number of aliphatic hydroxyl groups excluding tert-OH is 2. The Balaban J connectivity index is 1.80. The lowest BCUT2D eigenvalue weighted by Gasteiger charge is -2.27. The number of aromatic nitrogens is 2. The zero-order valence-corrected chi connectivity index (χ0v) is 16.6. The van der Waals surface area contributed by atoms with Gasteiger partial charge in [-0.05, 0) is 25.2 Å². The fourth-order valence-corrected chi connectivity index (χ4v) is 5.28. The van der Waals surface area contributed by atoms with Gasteiger partial charge in [0.1, 0.15) is 11.2 Å². The van der Waals surface area contributed by atoms with Crippen molar-refractivity contribution in [3.8, 4) is 5.75 Å². The number of anilines is 1. The van der Waals surface area contributed by atoms with Crippen molar-refractivity contribution >= 4 is 16.6 Å². The standard InChI is InChI=1S/C20H22F3N3O5/c1-31-17-14-12(19(29)24-20(30)26(14)8-2-3-8)11(18(22)23)13(21)15(17)25-5-7-4-10(27)16(28)9(7)6-25/h7-10,16,18,27-28H,2-6H2,1H3,(H,24,29,30). The fraction of sp³-hybridized carbons (Fsp3) is 0.600. The second-order valence-electron chi connectivity index (χ2n) is 8.62. The minimum absolute atomic E-state index is 0.126. The third kappa shape index (κ3) is 2.89. The minimum Gasteiger partial charge on any atom is -0.492 e. The van der Waals surface area contributed by atoms with Crippen molar-refractivity contribution in [3.63, 3.8) is 0 Å². The molecule has 2 saturated carbocycles. The van der Waals surface area contributed by atoms with Crippen molar-refractivity contribution < 1.29 is 28.1 Å². The van der Waals surface area contributed by atoms with E-state index < -0.39 is 46.6 Å². The van der Waals surface area contributed by atoms with Crippen LogP contribution in [-0.4, -0.2) is 52.2 Å². The van der Waals surface area contributed by atoms with E-state index >= 15 is 4.39 Å². The van der Waals surface area contributed by atoms with E-state index in [9.17, 15) is 28.6 Å². The van der Waals surface area contributed by atoms with Crippen LogP contribution in [0.4, 0.5) is 18.9 Å². The highest BCUT2D eigenvalue weighted by atomic mass is 19.3. The average molecular weight is 441 g/mol. The third-order valence-electron chi connectivity index (χ3n) is 6.81. The van der Waals surface area contributed by atoms with Gasteiger partial charge in [0, 0.05) is 25.0 Å². The molecule has 5 rings (SSSR count). The first-order valence-corrected chi connectivity index (χ1v) is 10.2. The maximum Gasteiger partial charge on any atom is 0.329 e. The lowest BCUT2D eigenvalue weighted by atomic mass is 9.99. The quantitative estimate of drug-likeness (QED) is 0.660. The Labute approximate surface area is 173 Å². The summed E-state index contributed by atoms with van der Waals surface area (Å²) in [6.45, 7) is 0.346. The van der Waals surface area contributed by atoms with E-state index in [-0.39, 0.29) is 47.9 Å². The van der Waals surface area contributed by atoms with Gasteiger partial charge in [-0.15, -0.1) is 0 Å². The smallest absolute Gasteiger partial charge is 0.329 e. The third-order valence-corrected chi connectivity index (χ3v) is 6.81. The Bertz CT molecular complexity index is 1180. The van der Waals surface area contributed by atoms with Crippen LogP contribution in [0.15, 0.2) is 9.59 Å². The van der Waals surface area contributed by atoms with Gasteiger partial charge >= 0.3 is 5.69 Å². The van der Waals surface area contributed by atoms with Crippen LogP contribution >= 0.6 is 0 Å². The molecule has 4 atom stereocenters. The highest BCUT2D eigenvalue weighted by Crippen LogP contribution is 2.49. The van der Waals surface area contributed by atoms with Gasteiger partial charge in [-0.3, -0.25) is 14.3 Å².